The fraction of sp³-hybridized carbons (Fsp3) is 0.314. The van der Waals surface area contributed by atoms with Crippen molar-refractivity contribution >= 4 is 0 Å². The summed E-state index contributed by atoms with van der Waals surface area (Å²) in [6.45, 7) is 1.16. The highest BCUT2D eigenvalue weighted by molar-refractivity contribution is 5.71. The molecule has 0 spiro atoms. The second-order valence-corrected chi connectivity index (χ2v) is 12.2. The van der Waals surface area contributed by atoms with E-state index in [4.69, 9.17) is 23.7 Å². The Hall–Kier alpha value is -4.44. The molecule has 0 amide bonds. The Balaban J connectivity index is 1.38. The summed E-state index contributed by atoms with van der Waals surface area (Å²) in [4.78, 5) is 0. The molecule has 2 N–H and O–H groups in total. The quantitative estimate of drug-likeness (QED) is 0.174. The minimum absolute atomic E-state index is 0.0176. The summed E-state index contributed by atoms with van der Waals surface area (Å²) in [6, 6.07) is 17.0. The maximum absolute atomic E-state index is 14.2. The third kappa shape index (κ3) is 4.26. The molecule has 4 aromatic carbocycles. The Morgan fingerprint density at radius 3 is 2.32 bits per heavy atom. The number of hydroxylamine groups is 3. The predicted molar refractivity (Wildman–Crippen MR) is 163 cm³/mol. The Bertz CT molecular complexity index is 1800. The van der Waals surface area contributed by atoms with Crippen LogP contribution in [-0.2, 0) is 25.7 Å². The minimum Gasteiger partial charge on any atom is -0.633 e. The monoisotopic (exact) mass is 594 g/mol. The molecule has 0 radical (unpaired) electrons. The molecule has 4 aromatic rings. The molecular weight excluding hydrogens is 560 g/mol. The van der Waals surface area contributed by atoms with E-state index in [9.17, 15) is 10.3 Å². The zero-order valence-corrected chi connectivity index (χ0v) is 24.9. The minimum atomic E-state index is -0.517. The van der Waals surface area contributed by atoms with E-state index in [0.29, 0.717) is 66.1 Å². The van der Waals surface area contributed by atoms with Crippen molar-refractivity contribution in [2.75, 3.05) is 34.4 Å². The number of rotatable bonds is 2. The van der Waals surface area contributed by atoms with Crippen molar-refractivity contribution in [2.24, 2.45) is 0 Å². The first-order valence-corrected chi connectivity index (χ1v) is 15.0. The van der Waals surface area contributed by atoms with Crippen LogP contribution in [0.5, 0.6) is 51.7 Å². The first-order valence-electron chi connectivity index (χ1n) is 15.0. The van der Waals surface area contributed by atoms with E-state index in [1.54, 1.807) is 27.3 Å². The van der Waals surface area contributed by atoms with Crippen LogP contribution in [-0.4, -0.2) is 44.1 Å². The average molecular weight is 595 g/mol. The number of fused-ring (bicyclic) bond motifs is 1. The molecule has 44 heavy (non-hydrogen) atoms. The molecule has 9 nitrogen and oxygen atoms in total. The van der Waals surface area contributed by atoms with Gasteiger partial charge in [-0.15, -0.1) is 0 Å². The normalized spacial score (nSPS) is 22.6. The van der Waals surface area contributed by atoms with Crippen molar-refractivity contribution in [1.82, 2.24) is 5.32 Å². The molecule has 6 aliphatic rings. The summed E-state index contributed by atoms with van der Waals surface area (Å²) < 4.78 is 30.7. The van der Waals surface area contributed by atoms with Crippen molar-refractivity contribution < 1.29 is 33.4 Å². The molecule has 0 saturated carbocycles. The molecule has 10 bridgehead atoms. The molecule has 9 heteroatoms. The first-order chi connectivity index (χ1) is 21.3. The van der Waals surface area contributed by atoms with Crippen LogP contribution in [0.2, 0.25) is 0 Å². The molecule has 0 saturated heterocycles. The Morgan fingerprint density at radius 1 is 0.795 bits per heavy atom. The summed E-state index contributed by atoms with van der Waals surface area (Å²) in [5, 5.41) is 29.1. The van der Waals surface area contributed by atoms with Crippen molar-refractivity contribution in [3.63, 3.8) is 0 Å². The number of aromatic hydroxyl groups is 1. The van der Waals surface area contributed by atoms with E-state index in [2.05, 4.69) is 17.4 Å². The number of benzene rings is 4. The highest BCUT2D eigenvalue weighted by atomic mass is 16.6. The average Bonchev–Trinajstić information content (AvgIpc) is 3.02. The summed E-state index contributed by atoms with van der Waals surface area (Å²) >= 11 is 0. The second kappa shape index (κ2) is 10.1. The van der Waals surface area contributed by atoms with Gasteiger partial charge in [0.25, 0.3) is 0 Å². The third-order valence-electron chi connectivity index (χ3n) is 9.49. The topological polar surface area (TPSA) is 101 Å². The Kier molecular flexibility index (Phi) is 6.20. The number of nitrogens with one attached hydrogen (secondary N) is 1. The lowest BCUT2D eigenvalue weighted by atomic mass is 9.86. The molecule has 226 valence electrons. The van der Waals surface area contributed by atoms with Gasteiger partial charge in [-0.25, -0.2) is 0 Å². The highest BCUT2D eigenvalue weighted by Gasteiger charge is 2.42. The van der Waals surface area contributed by atoms with E-state index in [1.165, 1.54) is 0 Å². The number of methoxy groups -OCH3 is 2. The van der Waals surface area contributed by atoms with Crippen molar-refractivity contribution in [3.05, 3.63) is 93.2 Å². The Labute approximate surface area is 255 Å². The van der Waals surface area contributed by atoms with E-state index in [-0.39, 0.29) is 17.5 Å². The van der Waals surface area contributed by atoms with Crippen molar-refractivity contribution in [3.8, 4) is 51.7 Å². The van der Waals surface area contributed by atoms with Crippen LogP contribution >= 0.6 is 0 Å². The van der Waals surface area contributed by atoms with Crippen LogP contribution < -0.4 is 29.0 Å². The number of phenols is 1. The van der Waals surface area contributed by atoms with E-state index >= 15 is 0 Å². The van der Waals surface area contributed by atoms with Gasteiger partial charge in [-0.05, 0) is 78.0 Å². The van der Waals surface area contributed by atoms with Crippen LogP contribution in [0.1, 0.15) is 45.5 Å². The molecule has 0 fully saturated rings. The Morgan fingerprint density at radius 2 is 1.52 bits per heavy atom. The van der Waals surface area contributed by atoms with Crippen LogP contribution in [0.4, 0.5) is 0 Å². The largest absolute Gasteiger partial charge is 0.633 e. The number of quaternary nitrogens is 1. The van der Waals surface area contributed by atoms with Crippen molar-refractivity contribution in [1.29, 1.82) is 0 Å². The van der Waals surface area contributed by atoms with Gasteiger partial charge in [-0.1, -0.05) is 18.2 Å². The maximum Gasteiger partial charge on any atom is 0.212 e. The first kappa shape index (κ1) is 27.1. The molecule has 10 rings (SSSR count). The van der Waals surface area contributed by atoms with Gasteiger partial charge in [0.2, 0.25) is 11.5 Å². The highest BCUT2D eigenvalue weighted by Crippen LogP contribution is 2.60. The summed E-state index contributed by atoms with van der Waals surface area (Å²) in [6.07, 6.45) is 2.41. The predicted octanol–water partition coefficient (Wildman–Crippen LogP) is 6.63. The second-order valence-electron chi connectivity index (χ2n) is 12.2. The number of hydrogen-bond donors (Lipinski definition) is 2. The number of nitrogens with zero attached hydrogens (tertiary/aromatic N) is 1. The fourth-order valence-electron chi connectivity index (χ4n) is 7.22. The van der Waals surface area contributed by atoms with E-state index in [1.807, 2.05) is 36.4 Å². The summed E-state index contributed by atoms with van der Waals surface area (Å²) in [5.41, 5.74) is 5.75. The van der Waals surface area contributed by atoms with Gasteiger partial charge in [0.15, 0.2) is 34.5 Å². The number of phenolic OH excluding ortho intramolecular Hbond substituents is 1. The van der Waals surface area contributed by atoms with Crippen LogP contribution in [0.15, 0.2) is 54.6 Å². The van der Waals surface area contributed by atoms with Crippen molar-refractivity contribution in [2.45, 2.75) is 37.8 Å². The maximum atomic E-state index is 14.2. The molecule has 0 aromatic heterocycles. The van der Waals surface area contributed by atoms with Gasteiger partial charge >= 0.3 is 0 Å². The van der Waals surface area contributed by atoms with E-state index in [0.717, 1.165) is 46.3 Å². The number of ether oxygens (including phenoxy) is 5. The lowest BCUT2D eigenvalue weighted by Gasteiger charge is -2.50. The number of hydrogen-bond acceptors (Lipinski definition) is 8. The molecular formula is C35H34N2O7. The molecule has 0 aliphatic carbocycles. The molecule has 6 heterocycles. The third-order valence-corrected chi connectivity index (χ3v) is 9.49. The lowest BCUT2D eigenvalue weighted by molar-refractivity contribution is -0.894. The van der Waals surface area contributed by atoms with Gasteiger partial charge in [-0.2, -0.15) is 0 Å². The molecule has 3 unspecified atom stereocenters. The fourth-order valence-corrected chi connectivity index (χ4v) is 7.22. The van der Waals surface area contributed by atoms with E-state index < -0.39 is 10.7 Å². The van der Waals surface area contributed by atoms with Crippen LogP contribution in [0.25, 0.3) is 0 Å². The SMILES string of the molecule is COc1ccc2cc1Oc1ccc(cc1)CC1NCCc3cc(O)c4c(c31)Oc1c(OC)cc3c(c1O4)C(C2)[N+](C)([O-])CC3. The van der Waals surface area contributed by atoms with Gasteiger partial charge < -0.3 is 44.0 Å². The lowest BCUT2D eigenvalue weighted by Crippen LogP contribution is -2.47. The van der Waals surface area contributed by atoms with Crippen LogP contribution in [0.3, 0.4) is 0 Å². The van der Waals surface area contributed by atoms with Gasteiger partial charge in [-0.3, -0.25) is 0 Å². The summed E-state index contributed by atoms with van der Waals surface area (Å²) in [5.74, 6) is 4.03. The zero-order valence-electron chi connectivity index (χ0n) is 24.9. The molecule has 3 atom stereocenters. The standard InChI is InChI=1S/C35H34N2O7/c1-37(39)13-11-22-18-29(41-3)33-35-31(22)25(37)15-20-6-9-27(40-2)28(16-20)42-23-7-4-19(5-8-23)14-24-30-21(10-12-36-24)17-26(38)32(43-35)34(30)44-33/h4-9,16-18,24-25,36,38H,10-15H2,1-3H3. The van der Waals surface area contributed by atoms with Crippen LogP contribution in [0, 0.1) is 5.21 Å². The van der Waals surface area contributed by atoms with Gasteiger partial charge in [0, 0.05) is 24.4 Å². The smallest absolute Gasteiger partial charge is 0.212 e. The van der Waals surface area contributed by atoms with Gasteiger partial charge in [0.1, 0.15) is 11.8 Å². The zero-order chi connectivity index (χ0) is 30.2. The number of likely N-dealkylation sites (N-methyl/N-ethyl adjacent to an activating group) is 1. The summed E-state index contributed by atoms with van der Waals surface area (Å²) in [7, 11) is 4.94. The van der Waals surface area contributed by atoms with Gasteiger partial charge in [0.05, 0.1) is 33.4 Å². The molecule has 6 aliphatic heterocycles.